The van der Waals surface area contributed by atoms with Crippen LogP contribution in [0.5, 0.6) is 0 Å². The molecule has 3 unspecified atom stereocenters. The second-order valence-electron chi connectivity index (χ2n) is 6.92. The van der Waals surface area contributed by atoms with Crippen LogP contribution in [0.4, 0.5) is 0 Å². The molecule has 0 spiro atoms. The van der Waals surface area contributed by atoms with Gasteiger partial charge in [-0.15, -0.1) is 0 Å². The van der Waals surface area contributed by atoms with Crippen molar-refractivity contribution in [1.29, 1.82) is 0 Å². The maximum Gasteiger partial charge on any atom is 0.237 e. The largest absolute Gasteiger partial charge is 0.368 e. The van der Waals surface area contributed by atoms with Gasteiger partial charge in [-0.3, -0.25) is 9.69 Å². The van der Waals surface area contributed by atoms with Crippen LogP contribution < -0.4 is 11.1 Å². The van der Waals surface area contributed by atoms with E-state index in [-0.39, 0.29) is 5.91 Å². The van der Waals surface area contributed by atoms with Crippen molar-refractivity contribution < 1.29 is 4.79 Å². The minimum Gasteiger partial charge on any atom is -0.368 e. The topological polar surface area (TPSA) is 58.4 Å². The van der Waals surface area contributed by atoms with Crippen LogP contribution in [0.2, 0.25) is 0 Å². The van der Waals surface area contributed by atoms with Gasteiger partial charge in [0.2, 0.25) is 5.91 Å². The van der Waals surface area contributed by atoms with Crippen molar-refractivity contribution >= 4 is 5.91 Å². The van der Waals surface area contributed by atoms with Crippen molar-refractivity contribution in [2.75, 3.05) is 13.1 Å². The van der Waals surface area contributed by atoms with Crippen molar-refractivity contribution in [1.82, 2.24) is 10.2 Å². The molecular formula is C16H31N3O. The van der Waals surface area contributed by atoms with Crippen molar-refractivity contribution in [3.05, 3.63) is 0 Å². The first kappa shape index (κ1) is 15.8. The summed E-state index contributed by atoms with van der Waals surface area (Å²) in [5.41, 5.74) is 5.25. The quantitative estimate of drug-likeness (QED) is 0.809. The Morgan fingerprint density at radius 3 is 2.75 bits per heavy atom. The maximum absolute atomic E-state index is 12.0. The Hall–Kier alpha value is -0.610. The van der Waals surface area contributed by atoms with Gasteiger partial charge in [0.1, 0.15) is 0 Å². The van der Waals surface area contributed by atoms with Gasteiger partial charge >= 0.3 is 0 Å². The highest BCUT2D eigenvalue weighted by Gasteiger charge is 2.44. The van der Waals surface area contributed by atoms with Crippen molar-refractivity contribution in [3.8, 4) is 0 Å². The molecule has 1 aliphatic heterocycles. The van der Waals surface area contributed by atoms with Gasteiger partial charge in [0.25, 0.3) is 0 Å². The second-order valence-corrected chi connectivity index (χ2v) is 6.92. The summed E-state index contributed by atoms with van der Waals surface area (Å²) in [7, 11) is 0. The third kappa shape index (κ3) is 3.01. The third-order valence-electron chi connectivity index (χ3n) is 5.29. The number of nitrogens with two attached hydrogens (primary N) is 1. The Kier molecular flexibility index (Phi) is 5.08. The van der Waals surface area contributed by atoms with Gasteiger partial charge in [-0.05, 0) is 57.5 Å². The molecule has 2 rings (SSSR count). The van der Waals surface area contributed by atoms with E-state index < -0.39 is 5.54 Å². The van der Waals surface area contributed by atoms with E-state index in [9.17, 15) is 4.79 Å². The molecule has 0 bridgehead atoms. The smallest absolute Gasteiger partial charge is 0.237 e. The van der Waals surface area contributed by atoms with Crippen molar-refractivity contribution in [2.45, 2.75) is 76.9 Å². The van der Waals surface area contributed by atoms with Gasteiger partial charge in [-0.1, -0.05) is 20.8 Å². The van der Waals surface area contributed by atoms with Crippen LogP contribution in [0.3, 0.4) is 0 Å². The lowest BCUT2D eigenvalue weighted by atomic mass is 9.77. The van der Waals surface area contributed by atoms with E-state index >= 15 is 0 Å². The van der Waals surface area contributed by atoms with Crippen LogP contribution in [0.1, 0.15) is 59.3 Å². The van der Waals surface area contributed by atoms with E-state index in [4.69, 9.17) is 5.73 Å². The molecule has 0 aromatic heterocycles. The number of hydrogen-bond donors (Lipinski definition) is 2. The highest BCUT2D eigenvalue weighted by Crippen LogP contribution is 2.36. The summed E-state index contributed by atoms with van der Waals surface area (Å²) in [6.07, 6.45) is 6.70. The lowest BCUT2D eigenvalue weighted by molar-refractivity contribution is -0.126. The van der Waals surface area contributed by atoms with E-state index in [1.165, 1.54) is 25.8 Å². The summed E-state index contributed by atoms with van der Waals surface area (Å²) < 4.78 is 0. The van der Waals surface area contributed by atoms with Gasteiger partial charge in [0.15, 0.2) is 0 Å². The van der Waals surface area contributed by atoms with E-state index in [2.05, 4.69) is 31.0 Å². The molecule has 0 aromatic rings. The van der Waals surface area contributed by atoms with Crippen molar-refractivity contribution in [2.24, 2.45) is 11.7 Å². The van der Waals surface area contributed by atoms with Gasteiger partial charge in [-0.2, -0.15) is 0 Å². The van der Waals surface area contributed by atoms with Gasteiger partial charge in [0, 0.05) is 12.1 Å². The number of carbonyl (C=O) groups excluding carboxylic acids is 1. The minimum absolute atomic E-state index is 0.163. The predicted molar refractivity (Wildman–Crippen MR) is 82.4 cm³/mol. The normalized spacial score (nSPS) is 35.6. The number of primary amides is 1. The molecular weight excluding hydrogens is 250 g/mol. The van der Waals surface area contributed by atoms with Crippen molar-refractivity contribution in [3.63, 3.8) is 0 Å². The molecule has 1 heterocycles. The van der Waals surface area contributed by atoms with Crippen LogP contribution in [0.15, 0.2) is 0 Å². The van der Waals surface area contributed by atoms with Crippen LogP contribution in [0.25, 0.3) is 0 Å². The fourth-order valence-electron chi connectivity index (χ4n) is 4.32. The highest BCUT2D eigenvalue weighted by molar-refractivity contribution is 5.84. The van der Waals surface area contributed by atoms with Crippen LogP contribution in [-0.2, 0) is 4.79 Å². The Morgan fingerprint density at radius 1 is 1.40 bits per heavy atom. The first-order chi connectivity index (χ1) is 9.50. The van der Waals surface area contributed by atoms with Gasteiger partial charge in [-0.25, -0.2) is 0 Å². The molecule has 1 aliphatic carbocycles. The van der Waals surface area contributed by atoms with E-state index in [0.717, 1.165) is 25.8 Å². The van der Waals surface area contributed by atoms with Crippen LogP contribution >= 0.6 is 0 Å². The summed E-state index contributed by atoms with van der Waals surface area (Å²) in [6, 6.07) is 1.20. The zero-order valence-corrected chi connectivity index (χ0v) is 13.3. The fourth-order valence-corrected chi connectivity index (χ4v) is 4.32. The summed E-state index contributed by atoms with van der Waals surface area (Å²) in [5, 5.41) is 3.39. The van der Waals surface area contributed by atoms with Crippen LogP contribution in [0, 0.1) is 5.92 Å². The monoisotopic (exact) mass is 281 g/mol. The van der Waals surface area contributed by atoms with Crippen LogP contribution in [-0.4, -0.2) is 41.5 Å². The molecule has 0 radical (unpaired) electrons. The lowest BCUT2D eigenvalue weighted by Gasteiger charge is -2.44. The number of nitrogens with one attached hydrogen (secondary N) is 1. The standard InChI is InChI=1S/C16H31N3O/c1-4-18-16(15(17)20)9-5-7-13(11-16)19-10-6-8-14(19)12(2)3/h12-14,18H,4-11H2,1-3H3,(H2,17,20). The fraction of sp³-hybridized carbons (Fsp3) is 0.938. The summed E-state index contributed by atoms with van der Waals surface area (Å²) in [6.45, 7) is 8.69. The summed E-state index contributed by atoms with van der Waals surface area (Å²) >= 11 is 0. The Labute approximate surface area is 123 Å². The van der Waals surface area contributed by atoms with E-state index in [0.29, 0.717) is 18.0 Å². The highest BCUT2D eigenvalue weighted by atomic mass is 16.1. The number of nitrogens with zero attached hydrogens (tertiary/aromatic N) is 1. The van der Waals surface area contributed by atoms with E-state index in [1.54, 1.807) is 0 Å². The van der Waals surface area contributed by atoms with E-state index in [1.807, 2.05) is 0 Å². The number of rotatable bonds is 5. The Morgan fingerprint density at radius 2 is 2.15 bits per heavy atom. The third-order valence-corrected chi connectivity index (χ3v) is 5.29. The Bertz CT molecular complexity index is 341. The molecule has 1 saturated carbocycles. The number of likely N-dealkylation sites (N-methyl/N-ethyl adjacent to an activating group) is 1. The average Bonchev–Trinajstić information content (AvgIpc) is 2.88. The molecule has 1 saturated heterocycles. The molecule has 116 valence electrons. The lowest BCUT2D eigenvalue weighted by Crippen LogP contribution is -2.61. The average molecular weight is 281 g/mol. The zero-order valence-electron chi connectivity index (χ0n) is 13.3. The molecule has 2 aliphatic rings. The predicted octanol–water partition coefficient (Wildman–Crippen LogP) is 1.88. The maximum atomic E-state index is 12.0. The molecule has 20 heavy (non-hydrogen) atoms. The number of likely N-dealkylation sites (tertiary alicyclic amines) is 1. The first-order valence-corrected chi connectivity index (χ1v) is 8.31. The molecule has 0 aromatic carbocycles. The first-order valence-electron chi connectivity index (χ1n) is 8.31. The number of carbonyl (C=O) groups is 1. The zero-order chi connectivity index (χ0) is 14.8. The SMILES string of the molecule is CCNC1(C(N)=O)CCCC(N2CCCC2C(C)C)C1. The van der Waals surface area contributed by atoms with Gasteiger partial charge in [0.05, 0.1) is 5.54 Å². The second kappa shape index (κ2) is 6.44. The summed E-state index contributed by atoms with van der Waals surface area (Å²) in [4.78, 5) is 14.6. The molecule has 1 amide bonds. The number of amides is 1. The molecule has 4 nitrogen and oxygen atoms in total. The molecule has 3 N–H and O–H groups in total. The van der Waals surface area contributed by atoms with Gasteiger partial charge < -0.3 is 11.1 Å². The molecule has 3 atom stereocenters. The molecule has 4 heteroatoms. The summed E-state index contributed by atoms with van der Waals surface area (Å²) in [5.74, 6) is 0.533. The molecule has 2 fully saturated rings. The number of hydrogen-bond acceptors (Lipinski definition) is 3. The Balaban J connectivity index is 2.11. The minimum atomic E-state index is -0.470.